The van der Waals surface area contributed by atoms with Crippen LogP contribution in [-0.4, -0.2) is 24.7 Å². The molecule has 98 valence electrons. The Morgan fingerprint density at radius 1 is 1.63 bits per heavy atom. The molecule has 0 heterocycles. The van der Waals surface area contributed by atoms with Crippen LogP contribution in [0, 0.1) is 11.3 Å². The Kier molecular flexibility index (Phi) is 5.17. The number of aromatic hydroxyl groups is 1. The molecule has 5 heteroatoms. The number of nitrogens with zero attached hydrogens (tertiary/aromatic N) is 1. The summed E-state index contributed by atoms with van der Waals surface area (Å²) in [6, 6.07) is 6.37. The molecule has 0 unspecified atom stereocenters. The highest BCUT2D eigenvalue weighted by atomic mass is 16.5. The number of carbonyl (C=O) groups excluding carboxylic acids is 1. The molecule has 19 heavy (non-hydrogen) atoms. The lowest BCUT2D eigenvalue weighted by molar-refractivity contribution is -0.116. The second kappa shape index (κ2) is 6.87. The Balaban J connectivity index is 3.01. The fraction of sp³-hybridized carbons (Fsp3) is 0.143. The number of ether oxygens (including phenoxy) is 1. The lowest BCUT2D eigenvalue weighted by atomic mass is 10.1. The number of hydrogen-bond donors (Lipinski definition) is 2. The average Bonchev–Trinajstić information content (AvgIpc) is 2.43. The van der Waals surface area contributed by atoms with E-state index in [0.29, 0.717) is 5.56 Å². The van der Waals surface area contributed by atoms with Crippen LogP contribution in [-0.2, 0) is 4.79 Å². The number of hydrogen-bond acceptors (Lipinski definition) is 4. The van der Waals surface area contributed by atoms with Crippen molar-refractivity contribution in [2.24, 2.45) is 0 Å². The van der Waals surface area contributed by atoms with Gasteiger partial charge in [0, 0.05) is 6.54 Å². The van der Waals surface area contributed by atoms with Gasteiger partial charge in [0.05, 0.1) is 7.11 Å². The second-order valence-corrected chi connectivity index (χ2v) is 3.60. The average molecular weight is 258 g/mol. The summed E-state index contributed by atoms with van der Waals surface area (Å²) >= 11 is 0. The molecule has 1 aromatic rings. The van der Waals surface area contributed by atoms with Gasteiger partial charge in [-0.15, -0.1) is 6.58 Å². The Morgan fingerprint density at radius 2 is 2.37 bits per heavy atom. The summed E-state index contributed by atoms with van der Waals surface area (Å²) in [7, 11) is 1.42. The summed E-state index contributed by atoms with van der Waals surface area (Å²) in [5.74, 6) is -0.207. The number of methoxy groups -OCH3 is 1. The number of carbonyl (C=O) groups is 1. The quantitative estimate of drug-likeness (QED) is 0.477. The van der Waals surface area contributed by atoms with Crippen LogP contribution in [0.25, 0.3) is 6.08 Å². The molecule has 0 radical (unpaired) electrons. The molecule has 1 amide bonds. The molecule has 0 aliphatic heterocycles. The first-order valence-electron chi connectivity index (χ1n) is 5.50. The molecule has 1 rings (SSSR count). The first-order chi connectivity index (χ1) is 9.12. The van der Waals surface area contributed by atoms with E-state index in [4.69, 9.17) is 10.00 Å². The molecule has 0 aliphatic carbocycles. The third-order valence-corrected chi connectivity index (χ3v) is 2.29. The maximum Gasteiger partial charge on any atom is 0.262 e. The molecule has 5 nitrogen and oxygen atoms in total. The van der Waals surface area contributed by atoms with E-state index in [1.165, 1.54) is 31.4 Å². The zero-order valence-electron chi connectivity index (χ0n) is 10.5. The Hall–Kier alpha value is -2.74. The van der Waals surface area contributed by atoms with Gasteiger partial charge in [0.15, 0.2) is 11.5 Å². The molecule has 0 saturated carbocycles. The molecule has 0 bridgehead atoms. The Labute approximate surface area is 111 Å². The molecular weight excluding hydrogens is 244 g/mol. The van der Waals surface area contributed by atoms with Gasteiger partial charge in [0.2, 0.25) is 0 Å². The van der Waals surface area contributed by atoms with E-state index in [-0.39, 0.29) is 23.6 Å². The van der Waals surface area contributed by atoms with Gasteiger partial charge in [-0.3, -0.25) is 4.79 Å². The van der Waals surface area contributed by atoms with Crippen LogP contribution in [0.1, 0.15) is 5.56 Å². The van der Waals surface area contributed by atoms with Crippen molar-refractivity contribution < 1.29 is 14.6 Å². The van der Waals surface area contributed by atoms with E-state index < -0.39 is 5.91 Å². The van der Waals surface area contributed by atoms with Crippen LogP contribution in [0.5, 0.6) is 11.5 Å². The van der Waals surface area contributed by atoms with Crippen molar-refractivity contribution in [1.82, 2.24) is 5.32 Å². The summed E-state index contributed by atoms with van der Waals surface area (Å²) < 4.78 is 4.95. The zero-order chi connectivity index (χ0) is 14.3. The molecule has 0 saturated heterocycles. The first kappa shape index (κ1) is 14.3. The predicted molar refractivity (Wildman–Crippen MR) is 71.5 cm³/mol. The standard InChI is InChI=1S/C14H14N2O3/c1-3-6-16-14(18)11(9-15)7-10-4-5-12(17)13(8-10)19-2/h3-5,7-8,17H,1,6H2,2H3,(H,16,18)/b11-7+. The largest absolute Gasteiger partial charge is 0.504 e. The number of benzene rings is 1. The van der Waals surface area contributed by atoms with E-state index in [9.17, 15) is 9.90 Å². The van der Waals surface area contributed by atoms with E-state index in [0.717, 1.165) is 0 Å². The van der Waals surface area contributed by atoms with Gasteiger partial charge in [0.25, 0.3) is 5.91 Å². The molecule has 0 aromatic heterocycles. The highest BCUT2D eigenvalue weighted by Crippen LogP contribution is 2.27. The normalized spacial score (nSPS) is 10.4. The number of amides is 1. The van der Waals surface area contributed by atoms with Gasteiger partial charge >= 0.3 is 0 Å². The van der Waals surface area contributed by atoms with Crippen molar-refractivity contribution >= 4 is 12.0 Å². The lowest BCUT2D eigenvalue weighted by Crippen LogP contribution is -2.24. The van der Waals surface area contributed by atoms with Crippen LogP contribution < -0.4 is 10.1 Å². The molecule has 2 N–H and O–H groups in total. The highest BCUT2D eigenvalue weighted by Gasteiger charge is 2.08. The summed E-state index contributed by atoms with van der Waals surface area (Å²) in [6.07, 6.45) is 2.94. The van der Waals surface area contributed by atoms with E-state index in [2.05, 4.69) is 11.9 Å². The number of phenolic OH excluding ortho intramolecular Hbond substituents is 1. The van der Waals surface area contributed by atoms with Gasteiger partial charge in [-0.1, -0.05) is 12.1 Å². The topological polar surface area (TPSA) is 82.4 Å². The van der Waals surface area contributed by atoms with Crippen LogP contribution in [0.15, 0.2) is 36.4 Å². The molecule has 1 aromatic carbocycles. The van der Waals surface area contributed by atoms with Crippen molar-refractivity contribution in [2.45, 2.75) is 0 Å². The third-order valence-electron chi connectivity index (χ3n) is 2.29. The van der Waals surface area contributed by atoms with Crippen molar-refractivity contribution in [3.05, 3.63) is 42.0 Å². The van der Waals surface area contributed by atoms with Crippen molar-refractivity contribution in [2.75, 3.05) is 13.7 Å². The molecular formula is C14H14N2O3. The minimum atomic E-state index is -0.477. The lowest BCUT2D eigenvalue weighted by Gasteiger charge is -2.04. The fourth-order valence-corrected chi connectivity index (χ4v) is 1.36. The minimum absolute atomic E-state index is 0.00531. The van der Waals surface area contributed by atoms with E-state index >= 15 is 0 Å². The highest BCUT2D eigenvalue weighted by molar-refractivity contribution is 6.01. The van der Waals surface area contributed by atoms with Crippen molar-refractivity contribution in [3.8, 4) is 17.6 Å². The van der Waals surface area contributed by atoms with Gasteiger partial charge in [-0.25, -0.2) is 0 Å². The maximum atomic E-state index is 11.6. The van der Waals surface area contributed by atoms with Gasteiger partial charge in [-0.05, 0) is 23.8 Å². The number of phenols is 1. The zero-order valence-corrected chi connectivity index (χ0v) is 10.5. The van der Waals surface area contributed by atoms with Crippen LogP contribution in [0.3, 0.4) is 0 Å². The summed E-state index contributed by atoms with van der Waals surface area (Å²) in [4.78, 5) is 11.6. The summed E-state index contributed by atoms with van der Waals surface area (Å²) in [5, 5.41) is 20.9. The van der Waals surface area contributed by atoms with E-state index in [1.807, 2.05) is 6.07 Å². The van der Waals surface area contributed by atoms with Crippen molar-refractivity contribution in [3.63, 3.8) is 0 Å². The second-order valence-electron chi connectivity index (χ2n) is 3.60. The summed E-state index contributed by atoms with van der Waals surface area (Å²) in [6.45, 7) is 3.76. The first-order valence-corrected chi connectivity index (χ1v) is 5.50. The molecule has 0 aliphatic rings. The number of nitrogens with one attached hydrogen (secondary N) is 1. The van der Waals surface area contributed by atoms with Gasteiger partial charge in [-0.2, -0.15) is 5.26 Å². The third kappa shape index (κ3) is 3.89. The van der Waals surface area contributed by atoms with Gasteiger partial charge < -0.3 is 15.2 Å². The number of nitriles is 1. The molecule has 0 atom stereocenters. The van der Waals surface area contributed by atoms with Gasteiger partial charge in [0.1, 0.15) is 11.6 Å². The Morgan fingerprint density at radius 3 is 2.95 bits per heavy atom. The molecule has 0 spiro atoms. The molecule has 0 fully saturated rings. The number of rotatable bonds is 5. The monoisotopic (exact) mass is 258 g/mol. The van der Waals surface area contributed by atoms with E-state index in [1.54, 1.807) is 6.07 Å². The van der Waals surface area contributed by atoms with Crippen LogP contribution in [0.2, 0.25) is 0 Å². The predicted octanol–water partition coefficient (Wildman–Crippen LogP) is 1.61. The fourth-order valence-electron chi connectivity index (χ4n) is 1.36. The minimum Gasteiger partial charge on any atom is -0.504 e. The Bertz CT molecular complexity index is 556. The smallest absolute Gasteiger partial charge is 0.262 e. The summed E-state index contributed by atoms with van der Waals surface area (Å²) in [5.41, 5.74) is 0.551. The van der Waals surface area contributed by atoms with Crippen LogP contribution in [0.4, 0.5) is 0 Å². The van der Waals surface area contributed by atoms with Crippen molar-refractivity contribution in [1.29, 1.82) is 5.26 Å². The SMILES string of the molecule is C=CCNC(=O)/C(C#N)=C/c1ccc(O)c(OC)c1. The maximum absolute atomic E-state index is 11.6. The van der Waals surface area contributed by atoms with Crippen LogP contribution >= 0.6 is 0 Å².